The Morgan fingerprint density at radius 1 is 1.05 bits per heavy atom. The topological polar surface area (TPSA) is 63.2 Å². The van der Waals surface area contributed by atoms with Crippen molar-refractivity contribution in [2.45, 2.75) is 11.3 Å². The molecule has 0 saturated heterocycles. The van der Waals surface area contributed by atoms with E-state index >= 15 is 0 Å². The van der Waals surface area contributed by atoms with Crippen molar-refractivity contribution in [2.75, 3.05) is 12.8 Å². The molecule has 0 aliphatic carbocycles. The summed E-state index contributed by atoms with van der Waals surface area (Å²) in [5.74, 6) is -0.163. The summed E-state index contributed by atoms with van der Waals surface area (Å²) in [6.07, 6.45) is 1.80. The van der Waals surface area contributed by atoms with Crippen LogP contribution < -0.4 is 5.32 Å². The Labute approximate surface area is 135 Å². The third kappa shape index (κ3) is 4.58. The van der Waals surface area contributed by atoms with Crippen molar-refractivity contribution in [1.82, 2.24) is 5.32 Å². The molecule has 1 N–H and O–H groups in total. The zero-order valence-electron chi connectivity index (χ0n) is 12.0. The van der Waals surface area contributed by atoms with Gasteiger partial charge in [-0.1, -0.05) is 23.7 Å². The fourth-order valence-electron chi connectivity index (χ4n) is 1.93. The Bertz CT molecular complexity index is 753. The molecule has 2 rings (SSSR count). The molecule has 0 aliphatic rings. The summed E-state index contributed by atoms with van der Waals surface area (Å²) in [5.41, 5.74) is 1.51. The maximum Gasteiger partial charge on any atom is 0.251 e. The molecule has 0 radical (unpaired) electrons. The van der Waals surface area contributed by atoms with E-state index in [1.54, 1.807) is 48.5 Å². The maximum absolute atomic E-state index is 11.9. The molecule has 2 aromatic rings. The van der Waals surface area contributed by atoms with Crippen molar-refractivity contribution >= 4 is 27.3 Å². The van der Waals surface area contributed by atoms with Gasteiger partial charge < -0.3 is 5.32 Å². The fourth-order valence-corrected chi connectivity index (χ4v) is 2.68. The smallest absolute Gasteiger partial charge is 0.251 e. The molecule has 0 aliphatic heterocycles. The van der Waals surface area contributed by atoms with E-state index in [4.69, 9.17) is 11.6 Å². The van der Waals surface area contributed by atoms with Crippen molar-refractivity contribution in [3.63, 3.8) is 0 Å². The van der Waals surface area contributed by atoms with Crippen LogP contribution in [-0.2, 0) is 16.3 Å². The van der Waals surface area contributed by atoms with Gasteiger partial charge in [-0.3, -0.25) is 4.79 Å². The second-order valence-electron chi connectivity index (χ2n) is 4.93. The molecular formula is C16H16ClNO3S. The van der Waals surface area contributed by atoms with Gasteiger partial charge in [-0.25, -0.2) is 8.42 Å². The standard InChI is InChI=1S/C16H16ClNO3S/c1-22(20,21)15-8-2-12(3-9-15)10-11-18-16(19)13-4-6-14(17)7-5-13/h2-9H,10-11H2,1H3,(H,18,19). The lowest BCUT2D eigenvalue weighted by atomic mass is 10.1. The SMILES string of the molecule is CS(=O)(=O)c1ccc(CCNC(=O)c2ccc(Cl)cc2)cc1. The van der Waals surface area contributed by atoms with E-state index in [1.807, 2.05) is 0 Å². The Hall–Kier alpha value is -1.85. The Kier molecular flexibility index (Phi) is 5.21. The Balaban J connectivity index is 1.88. The molecule has 0 aromatic heterocycles. The van der Waals surface area contributed by atoms with Crippen molar-refractivity contribution in [2.24, 2.45) is 0 Å². The third-order valence-corrected chi connectivity index (χ3v) is 4.54. The third-order valence-electron chi connectivity index (χ3n) is 3.16. The van der Waals surface area contributed by atoms with E-state index in [0.29, 0.717) is 28.4 Å². The van der Waals surface area contributed by atoms with Crippen molar-refractivity contribution in [1.29, 1.82) is 0 Å². The summed E-state index contributed by atoms with van der Waals surface area (Å²) in [6, 6.07) is 13.3. The molecule has 0 fully saturated rings. The van der Waals surface area contributed by atoms with Crippen LogP contribution in [-0.4, -0.2) is 27.1 Å². The minimum Gasteiger partial charge on any atom is -0.352 e. The second-order valence-corrected chi connectivity index (χ2v) is 7.38. The van der Waals surface area contributed by atoms with Gasteiger partial charge in [0, 0.05) is 23.4 Å². The summed E-state index contributed by atoms with van der Waals surface area (Å²) < 4.78 is 22.7. The van der Waals surface area contributed by atoms with Crippen molar-refractivity contribution in [3.05, 3.63) is 64.7 Å². The summed E-state index contributed by atoms with van der Waals surface area (Å²) in [6.45, 7) is 0.472. The van der Waals surface area contributed by atoms with Gasteiger partial charge >= 0.3 is 0 Å². The molecule has 6 heteroatoms. The highest BCUT2D eigenvalue weighted by atomic mass is 35.5. The minimum absolute atomic E-state index is 0.163. The lowest BCUT2D eigenvalue weighted by molar-refractivity contribution is 0.0954. The number of hydrogen-bond acceptors (Lipinski definition) is 3. The number of benzene rings is 2. The van der Waals surface area contributed by atoms with E-state index < -0.39 is 9.84 Å². The van der Waals surface area contributed by atoms with Crippen molar-refractivity contribution in [3.8, 4) is 0 Å². The number of carbonyl (C=O) groups is 1. The van der Waals surface area contributed by atoms with Crippen LogP contribution in [0.15, 0.2) is 53.4 Å². The molecule has 4 nitrogen and oxygen atoms in total. The van der Waals surface area contributed by atoms with Gasteiger partial charge in [0.15, 0.2) is 9.84 Å². The Morgan fingerprint density at radius 2 is 1.64 bits per heavy atom. The molecule has 0 atom stereocenters. The monoisotopic (exact) mass is 337 g/mol. The van der Waals surface area contributed by atoms with Gasteiger partial charge in [0.2, 0.25) is 0 Å². The van der Waals surface area contributed by atoms with Crippen molar-refractivity contribution < 1.29 is 13.2 Å². The predicted octanol–water partition coefficient (Wildman–Crippen LogP) is 2.72. The molecule has 116 valence electrons. The number of sulfone groups is 1. The average Bonchev–Trinajstić information content (AvgIpc) is 2.47. The quantitative estimate of drug-likeness (QED) is 0.912. The highest BCUT2D eigenvalue weighted by molar-refractivity contribution is 7.90. The molecule has 0 heterocycles. The summed E-state index contributed by atoms with van der Waals surface area (Å²) in [7, 11) is -3.17. The van der Waals surface area contributed by atoms with E-state index in [-0.39, 0.29) is 5.91 Å². The molecule has 0 saturated carbocycles. The lowest BCUT2D eigenvalue weighted by Crippen LogP contribution is -2.25. The number of carbonyl (C=O) groups excluding carboxylic acids is 1. The first-order valence-electron chi connectivity index (χ1n) is 6.69. The zero-order chi connectivity index (χ0) is 16.2. The van der Waals surface area contributed by atoms with E-state index in [1.165, 1.54) is 6.26 Å². The predicted molar refractivity (Wildman–Crippen MR) is 87.0 cm³/mol. The lowest BCUT2D eigenvalue weighted by Gasteiger charge is -2.06. The zero-order valence-corrected chi connectivity index (χ0v) is 13.6. The van der Waals surface area contributed by atoms with Crippen LogP contribution in [0.4, 0.5) is 0 Å². The minimum atomic E-state index is -3.17. The van der Waals surface area contributed by atoms with E-state index in [9.17, 15) is 13.2 Å². The highest BCUT2D eigenvalue weighted by Gasteiger charge is 2.07. The molecule has 0 unspecified atom stereocenters. The Morgan fingerprint density at radius 3 is 2.18 bits per heavy atom. The van der Waals surface area contributed by atoms with Gasteiger partial charge in [0.1, 0.15) is 0 Å². The summed E-state index contributed by atoms with van der Waals surface area (Å²) in [5, 5.41) is 3.40. The largest absolute Gasteiger partial charge is 0.352 e. The van der Waals surface area contributed by atoms with Crippen LogP contribution in [0, 0.1) is 0 Å². The molecule has 0 spiro atoms. The average molecular weight is 338 g/mol. The van der Waals surface area contributed by atoms with Crippen LogP contribution in [0.25, 0.3) is 0 Å². The first kappa shape index (κ1) is 16.5. The number of amides is 1. The van der Waals surface area contributed by atoms with Crippen LogP contribution in [0.2, 0.25) is 5.02 Å². The molecule has 2 aromatic carbocycles. The van der Waals surface area contributed by atoms with Gasteiger partial charge in [-0.05, 0) is 48.4 Å². The van der Waals surface area contributed by atoms with E-state index in [0.717, 1.165) is 5.56 Å². The van der Waals surface area contributed by atoms with Gasteiger partial charge in [-0.15, -0.1) is 0 Å². The number of nitrogens with one attached hydrogen (secondary N) is 1. The van der Waals surface area contributed by atoms with Crippen LogP contribution >= 0.6 is 11.6 Å². The fraction of sp³-hybridized carbons (Fsp3) is 0.188. The number of hydrogen-bond donors (Lipinski definition) is 1. The van der Waals surface area contributed by atoms with Gasteiger partial charge in [0.25, 0.3) is 5.91 Å². The maximum atomic E-state index is 11.9. The highest BCUT2D eigenvalue weighted by Crippen LogP contribution is 2.11. The summed E-state index contributed by atoms with van der Waals surface area (Å²) in [4.78, 5) is 12.2. The van der Waals surface area contributed by atoms with Crippen LogP contribution in [0.3, 0.4) is 0 Å². The van der Waals surface area contributed by atoms with Crippen LogP contribution in [0.5, 0.6) is 0 Å². The molecular weight excluding hydrogens is 322 g/mol. The summed E-state index contributed by atoms with van der Waals surface area (Å²) >= 11 is 5.77. The number of halogens is 1. The number of rotatable bonds is 5. The van der Waals surface area contributed by atoms with E-state index in [2.05, 4.69) is 5.32 Å². The second kappa shape index (κ2) is 6.94. The van der Waals surface area contributed by atoms with Gasteiger partial charge in [0.05, 0.1) is 4.90 Å². The molecule has 1 amide bonds. The normalized spacial score (nSPS) is 11.2. The van der Waals surface area contributed by atoms with Crippen LogP contribution in [0.1, 0.15) is 15.9 Å². The first-order chi connectivity index (χ1) is 10.4. The van der Waals surface area contributed by atoms with Gasteiger partial charge in [-0.2, -0.15) is 0 Å². The first-order valence-corrected chi connectivity index (χ1v) is 8.96. The molecule has 0 bridgehead atoms. The molecule has 22 heavy (non-hydrogen) atoms.